The Bertz CT molecular complexity index is 1180. The van der Waals surface area contributed by atoms with Crippen LogP contribution >= 0.6 is 23.8 Å². The third kappa shape index (κ3) is 6.23. The highest BCUT2D eigenvalue weighted by Gasteiger charge is 2.32. The summed E-state index contributed by atoms with van der Waals surface area (Å²) in [6.45, 7) is 7.24. The average Bonchev–Trinajstić information content (AvgIpc) is 2.79. The van der Waals surface area contributed by atoms with Gasteiger partial charge in [0.1, 0.15) is 0 Å². The molecule has 1 amide bonds. The van der Waals surface area contributed by atoms with E-state index in [9.17, 15) is 9.59 Å². The van der Waals surface area contributed by atoms with Crippen LogP contribution in [-0.4, -0.2) is 36.8 Å². The van der Waals surface area contributed by atoms with Crippen LogP contribution in [0, 0.1) is 6.92 Å². The molecule has 0 saturated carbocycles. The van der Waals surface area contributed by atoms with Crippen LogP contribution in [-0.2, 0) is 14.3 Å². The molecule has 0 spiro atoms. The minimum atomic E-state index is -0.894. The lowest BCUT2D eigenvalue weighted by atomic mass is 9.94. The Labute approximate surface area is 215 Å². The van der Waals surface area contributed by atoms with Crippen molar-refractivity contribution in [3.63, 3.8) is 0 Å². The number of benzene rings is 2. The normalized spacial score (nSPS) is 16.1. The Hall–Kier alpha value is -3.30. The molecule has 10 heteroatoms. The van der Waals surface area contributed by atoms with Crippen LogP contribution in [0.4, 0.5) is 5.69 Å². The molecule has 0 fully saturated rings. The summed E-state index contributed by atoms with van der Waals surface area (Å²) in [6.07, 6.45) is -0.894. The van der Waals surface area contributed by atoms with Gasteiger partial charge in [0, 0.05) is 11.4 Å². The lowest BCUT2D eigenvalue weighted by Crippen LogP contribution is -2.45. The number of carbonyl (C=O) groups excluding carboxylic acids is 2. The summed E-state index contributed by atoms with van der Waals surface area (Å²) in [7, 11) is 1.46. The van der Waals surface area contributed by atoms with E-state index in [1.54, 1.807) is 32.9 Å². The molecule has 186 valence electrons. The fourth-order valence-electron chi connectivity index (χ4n) is 3.67. The van der Waals surface area contributed by atoms with Crippen LogP contribution in [0.2, 0.25) is 5.02 Å². The van der Waals surface area contributed by atoms with Gasteiger partial charge in [-0.15, -0.1) is 0 Å². The molecule has 8 nitrogen and oxygen atoms in total. The Kier molecular flexibility index (Phi) is 8.58. The number of hydrogen-bond donors (Lipinski definition) is 3. The van der Waals surface area contributed by atoms with Crippen LogP contribution in [0.3, 0.4) is 0 Å². The number of nitrogens with one attached hydrogen (secondary N) is 3. The summed E-state index contributed by atoms with van der Waals surface area (Å²) in [6, 6.07) is 10.3. The van der Waals surface area contributed by atoms with Crippen molar-refractivity contribution in [2.45, 2.75) is 39.8 Å². The van der Waals surface area contributed by atoms with Crippen LogP contribution in [0.1, 0.15) is 37.9 Å². The van der Waals surface area contributed by atoms with Crippen molar-refractivity contribution in [1.29, 1.82) is 0 Å². The van der Waals surface area contributed by atoms with E-state index in [-0.39, 0.29) is 23.3 Å². The summed E-state index contributed by atoms with van der Waals surface area (Å²) in [5.41, 5.74) is 3.37. The van der Waals surface area contributed by atoms with Gasteiger partial charge in [0.05, 0.1) is 30.4 Å². The van der Waals surface area contributed by atoms with Gasteiger partial charge in [-0.25, -0.2) is 4.79 Å². The highest BCUT2D eigenvalue weighted by Crippen LogP contribution is 2.40. The molecule has 35 heavy (non-hydrogen) atoms. The highest BCUT2D eigenvalue weighted by molar-refractivity contribution is 7.80. The Morgan fingerprint density at radius 1 is 1.23 bits per heavy atom. The second kappa shape index (κ2) is 11.4. The molecule has 0 saturated heterocycles. The lowest BCUT2D eigenvalue weighted by molar-refractivity contribution is -0.150. The van der Waals surface area contributed by atoms with Gasteiger partial charge in [0.15, 0.2) is 22.7 Å². The second-order valence-corrected chi connectivity index (χ2v) is 8.76. The standard InChI is InChI=1S/C25H28ClN3O5S/c1-6-33-24(31)15(4)34-22-18(26)11-16(12-19(22)32-5)21-20(14(3)27-25(35)29-21)23(30)28-17-9-7-8-13(2)10-17/h7-12,15,21H,6H2,1-5H3,(H,28,30)(H2,27,29,35). The largest absolute Gasteiger partial charge is 0.493 e. The van der Waals surface area contributed by atoms with E-state index in [0.29, 0.717) is 33.4 Å². The average molecular weight is 518 g/mol. The van der Waals surface area contributed by atoms with Crippen molar-refractivity contribution in [3.8, 4) is 11.5 Å². The van der Waals surface area contributed by atoms with Gasteiger partial charge >= 0.3 is 5.97 Å². The number of aryl methyl sites for hydroxylation is 1. The van der Waals surface area contributed by atoms with Gasteiger partial charge in [-0.1, -0.05) is 23.7 Å². The van der Waals surface area contributed by atoms with Crippen molar-refractivity contribution in [2.75, 3.05) is 19.0 Å². The van der Waals surface area contributed by atoms with Gasteiger partial charge in [0.2, 0.25) is 0 Å². The number of anilines is 1. The lowest BCUT2D eigenvalue weighted by Gasteiger charge is -2.31. The predicted molar refractivity (Wildman–Crippen MR) is 139 cm³/mol. The molecule has 3 rings (SSSR count). The van der Waals surface area contributed by atoms with E-state index in [0.717, 1.165) is 5.56 Å². The molecule has 2 aromatic rings. The van der Waals surface area contributed by atoms with Crippen LogP contribution in [0.5, 0.6) is 11.5 Å². The predicted octanol–water partition coefficient (Wildman–Crippen LogP) is 4.42. The molecule has 0 radical (unpaired) electrons. The van der Waals surface area contributed by atoms with Gasteiger partial charge in [-0.05, 0) is 75.3 Å². The summed E-state index contributed by atoms with van der Waals surface area (Å²) in [5.74, 6) is -0.326. The van der Waals surface area contributed by atoms with E-state index in [1.807, 2.05) is 31.2 Å². The molecule has 2 unspecified atom stereocenters. The zero-order valence-electron chi connectivity index (χ0n) is 20.2. The van der Waals surface area contributed by atoms with Crippen molar-refractivity contribution >= 4 is 46.5 Å². The van der Waals surface area contributed by atoms with Crippen LogP contribution in [0.25, 0.3) is 0 Å². The SMILES string of the molecule is CCOC(=O)C(C)Oc1c(Cl)cc(C2NC(=S)NC(C)=C2C(=O)Nc2cccc(C)c2)cc1OC. The van der Waals surface area contributed by atoms with E-state index >= 15 is 0 Å². The third-order valence-corrected chi connectivity index (χ3v) is 5.79. The molecule has 2 aromatic carbocycles. The Morgan fingerprint density at radius 3 is 2.63 bits per heavy atom. The molecule has 0 bridgehead atoms. The van der Waals surface area contributed by atoms with Crippen molar-refractivity contribution in [2.24, 2.45) is 0 Å². The first-order valence-corrected chi connectivity index (χ1v) is 11.8. The maximum Gasteiger partial charge on any atom is 0.347 e. The molecule has 0 aliphatic carbocycles. The molecular weight excluding hydrogens is 490 g/mol. The number of hydrogen-bond acceptors (Lipinski definition) is 6. The molecule has 2 atom stereocenters. The van der Waals surface area contributed by atoms with E-state index in [2.05, 4.69) is 16.0 Å². The summed E-state index contributed by atoms with van der Waals surface area (Å²) in [4.78, 5) is 25.4. The highest BCUT2D eigenvalue weighted by atomic mass is 35.5. The maximum atomic E-state index is 13.3. The zero-order valence-corrected chi connectivity index (χ0v) is 21.7. The molecular formula is C25H28ClN3O5S. The van der Waals surface area contributed by atoms with Gasteiger partial charge in [-0.2, -0.15) is 0 Å². The van der Waals surface area contributed by atoms with Crippen molar-refractivity contribution < 1.29 is 23.8 Å². The Morgan fingerprint density at radius 2 is 1.97 bits per heavy atom. The number of methoxy groups -OCH3 is 1. The summed E-state index contributed by atoms with van der Waals surface area (Å²) < 4.78 is 16.2. The first-order chi connectivity index (χ1) is 16.6. The number of amides is 1. The third-order valence-electron chi connectivity index (χ3n) is 5.29. The Balaban J connectivity index is 1.97. The van der Waals surface area contributed by atoms with E-state index in [1.165, 1.54) is 7.11 Å². The fraction of sp³-hybridized carbons (Fsp3) is 0.320. The van der Waals surface area contributed by atoms with E-state index < -0.39 is 18.1 Å². The number of halogens is 1. The minimum Gasteiger partial charge on any atom is -0.493 e. The number of esters is 1. The quantitative estimate of drug-likeness (QED) is 0.350. The molecule has 1 aliphatic heterocycles. The summed E-state index contributed by atoms with van der Waals surface area (Å²) >= 11 is 11.9. The zero-order chi connectivity index (χ0) is 25.7. The minimum absolute atomic E-state index is 0.196. The fourth-order valence-corrected chi connectivity index (χ4v) is 4.21. The molecule has 1 heterocycles. The van der Waals surface area contributed by atoms with Gasteiger partial charge in [-0.3, -0.25) is 4.79 Å². The topological polar surface area (TPSA) is 97.9 Å². The van der Waals surface area contributed by atoms with Crippen LogP contribution in [0.15, 0.2) is 47.7 Å². The summed E-state index contributed by atoms with van der Waals surface area (Å²) in [5, 5.41) is 9.66. The molecule has 3 N–H and O–H groups in total. The number of thiocarbonyl (C=S) groups is 1. The van der Waals surface area contributed by atoms with Crippen molar-refractivity contribution in [3.05, 3.63) is 63.8 Å². The number of allylic oxidation sites excluding steroid dienone is 1. The molecule has 0 aromatic heterocycles. The van der Waals surface area contributed by atoms with Gasteiger partial charge in [0.25, 0.3) is 5.91 Å². The van der Waals surface area contributed by atoms with Crippen molar-refractivity contribution in [1.82, 2.24) is 10.6 Å². The number of rotatable bonds is 8. The molecule has 1 aliphatic rings. The van der Waals surface area contributed by atoms with Gasteiger partial charge < -0.3 is 30.2 Å². The maximum absolute atomic E-state index is 13.3. The smallest absolute Gasteiger partial charge is 0.347 e. The monoisotopic (exact) mass is 517 g/mol. The van der Waals surface area contributed by atoms with E-state index in [4.69, 9.17) is 38.0 Å². The first kappa shape index (κ1) is 26.3. The second-order valence-electron chi connectivity index (χ2n) is 7.94. The number of ether oxygens (including phenoxy) is 3. The van der Waals surface area contributed by atoms with Crippen LogP contribution < -0.4 is 25.4 Å². The first-order valence-electron chi connectivity index (χ1n) is 11.0. The number of carbonyl (C=O) groups is 2.